The Labute approximate surface area is 92.5 Å². The van der Waals surface area contributed by atoms with Crippen molar-refractivity contribution in [2.45, 2.75) is 57.3 Å². The second-order valence-corrected chi connectivity index (χ2v) is 4.82. The van der Waals surface area contributed by atoms with E-state index < -0.39 is 0 Å². The van der Waals surface area contributed by atoms with Crippen LogP contribution in [0.15, 0.2) is 0 Å². The van der Waals surface area contributed by atoms with Crippen LogP contribution in [0.2, 0.25) is 0 Å². The highest BCUT2D eigenvalue weighted by molar-refractivity contribution is 4.81. The lowest BCUT2D eigenvalue weighted by Crippen LogP contribution is -2.32. The SMILES string of the molecule is CC(CNC1CC1)OCC1CCCCO1. The first-order valence-corrected chi connectivity index (χ1v) is 6.31. The van der Waals surface area contributed by atoms with Crippen molar-refractivity contribution in [2.75, 3.05) is 19.8 Å². The van der Waals surface area contributed by atoms with E-state index in [-0.39, 0.29) is 0 Å². The van der Waals surface area contributed by atoms with Gasteiger partial charge < -0.3 is 14.8 Å². The highest BCUT2D eigenvalue weighted by atomic mass is 16.5. The minimum Gasteiger partial charge on any atom is -0.376 e. The lowest BCUT2D eigenvalue weighted by atomic mass is 10.1. The van der Waals surface area contributed by atoms with Crippen LogP contribution in [0.25, 0.3) is 0 Å². The summed E-state index contributed by atoms with van der Waals surface area (Å²) in [6.45, 7) is 4.81. The average Bonchev–Trinajstić information content (AvgIpc) is 3.09. The maximum absolute atomic E-state index is 5.77. The Morgan fingerprint density at radius 3 is 2.87 bits per heavy atom. The van der Waals surface area contributed by atoms with Crippen molar-refractivity contribution >= 4 is 0 Å². The molecule has 2 aliphatic rings. The number of hydrogen-bond donors (Lipinski definition) is 1. The molecule has 1 saturated carbocycles. The van der Waals surface area contributed by atoms with E-state index in [1.54, 1.807) is 0 Å². The Hall–Kier alpha value is -0.120. The van der Waals surface area contributed by atoms with Crippen LogP contribution in [0.1, 0.15) is 39.0 Å². The average molecular weight is 213 g/mol. The highest BCUT2D eigenvalue weighted by Crippen LogP contribution is 2.18. The van der Waals surface area contributed by atoms with Gasteiger partial charge in [0.05, 0.1) is 18.8 Å². The summed E-state index contributed by atoms with van der Waals surface area (Å²) in [5.41, 5.74) is 0. The van der Waals surface area contributed by atoms with Gasteiger partial charge in [-0.15, -0.1) is 0 Å². The first kappa shape index (κ1) is 11.4. The van der Waals surface area contributed by atoms with Crippen LogP contribution in [0.5, 0.6) is 0 Å². The molecule has 0 amide bonds. The van der Waals surface area contributed by atoms with Crippen molar-refractivity contribution in [3.63, 3.8) is 0 Å². The van der Waals surface area contributed by atoms with E-state index in [4.69, 9.17) is 9.47 Å². The molecule has 2 atom stereocenters. The number of hydrogen-bond acceptors (Lipinski definition) is 3. The van der Waals surface area contributed by atoms with E-state index >= 15 is 0 Å². The molecular formula is C12H23NO2. The summed E-state index contributed by atoms with van der Waals surface area (Å²) in [6.07, 6.45) is 7.04. The Balaban J connectivity index is 1.50. The second-order valence-electron chi connectivity index (χ2n) is 4.82. The van der Waals surface area contributed by atoms with Crippen LogP contribution >= 0.6 is 0 Å². The van der Waals surface area contributed by atoms with Crippen LogP contribution in [0.4, 0.5) is 0 Å². The van der Waals surface area contributed by atoms with Gasteiger partial charge in [-0.1, -0.05) is 0 Å². The van der Waals surface area contributed by atoms with Gasteiger partial charge in [0.2, 0.25) is 0 Å². The third-order valence-electron chi connectivity index (χ3n) is 3.11. The molecule has 88 valence electrons. The fraction of sp³-hybridized carbons (Fsp3) is 1.00. The Kier molecular flexibility index (Phi) is 4.42. The largest absolute Gasteiger partial charge is 0.376 e. The summed E-state index contributed by atoms with van der Waals surface area (Å²) in [4.78, 5) is 0. The normalized spacial score (nSPS) is 29.0. The van der Waals surface area contributed by atoms with Crippen LogP contribution in [0, 0.1) is 0 Å². The summed E-state index contributed by atoms with van der Waals surface area (Å²) in [5, 5.41) is 3.48. The van der Waals surface area contributed by atoms with Gasteiger partial charge in [0.15, 0.2) is 0 Å². The summed E-state index contributed by atoms with van der Waals surface area (Å²) >= 11 is 0. The summed E-state index contributed by atoms with van der Waals surface area (Å²) < 4.78 is 11.4. The molecule has 1 N–H and O–H groups in total. The van der Waals surface area contributed by atoms with Gasteiger partial charge in [-0.2, -0.15) is 0 Å². The van der Waals surface area contributed by atoms with Crippen molar-refractivity contribution < 1.29 is 9.47 Å². The maximum atomic E-state index is 5.77. The molecule has 0 bridgehead atoms. The van der Waals surface area contributed by atoms with Crippen LogP contribution in [0.3, 0.4) is 0 Å². The monoisotopic (exact) mass is 213 g/mol. The molecular weight excluding hydrogens is 190 g/mol. The summed E-state index contributed by atoms with van der Waals surface area (Å²) in [5.74, 6) is 0. The molecule has 1 heterocycles. The van der Waals surface area contributed by atoms with Crippen molar-refractivity contribution in [2.24, 2.45) is 0 Å². The van der Waals surface area contributed by atoms with Gasteiger partial charge >= 0.3 is 0 Å². The van der Waals surface area contributed by atoms with E-state index in [9.17, 15) is 0 Å². The van der Waals surface area contributed by atoms with E-state index in [1.807, 2.05) is 0 Å². The summed E-state index contributed by atoms with van der Waals surface area (Å²) in [6, 6.07) is 0.780. The van der Waals surface area contributed by atoms with Crippen LogP contribution < -0.4 is 5.32 Å². The minimum atomic E-state index is 0.316. The van der Waals surface area contributed by atoms with Gasteiger partial charge in [-0.05, 0) is 39.0 Å². The van der Waals surface area contributed by atoms with Crippen molar-refractivity contribution in [1.82, 2.24) is 5.32 Å². The molecule has 3 heteroatoms. The molecule has 2 rings (SSSR count). The maximum Gasteiger partial charge on any atom is 0.0808 e. The fourth-order valence-electron chi connectivity index (χ4n) is 1.89. The lowest BCUT2D eigenvalue weighted by Gasteiger charge is -2.24. The molecule has 0 radical (unpaired) electrons. The van der Waals surface area contributed by atoms with E-state index in [0.29, 0.717) is 12.2 Å². The summed E-state index contributed by atoms with van der Waals surface area (Å²) in [7, 11) is 0. The van der Waals surface area contributed by atoms with Gasteiger partial charge in [0.1, 0.15) is 0 Å². The minimum absolute atomic E-state index is 0.316. The Morgan fingerprint density at radius 1 is 1.33 bits per heavy atom. The molecule has 0 aromatic rings. The first-order chi connectivity index (χ1) is 7.34. The molecule has 1 aliphatic carbocycles. The van der Waals surface area contributed by atoms with Gasteiger partial charge in [0.25, 0.3) is 0 Å². The van der Waals surface area contributed by atoms with Gasteiger partial charge in [0, 0.05) is 19.2 Å². The van der Waals surface area contributed by atoms with Crippen LogP contribution in [-0.2, 0) is 9.47 Å². The molecule has 1 saturated heterocycles. The predicted octanol–water partition coefficient (Wildman–Crippen LogP) is 1.71. The molecule has 2 fully saturated rings. The molecule has 0 aromatic carbocycles. The number of ether oxygens (including phenoxy) is 2. The van der Waals surface area contributed by atoms with Crippen molar-refractivity contribution in [3.05, 3.63) is 0 Å². The topological polar surface area (TPSA) is 30.5 Å². The van der Waals surface area contributed by atoms with Gasteiger partial charge in [-0.25, -0.2) is 0 Å². The Morgan fingerprint density at radius 2 is 2.20 bits per heavy atom. The zero-order valence-electron chi connectivity index (χ0n) is 9.71. The van der Waals surface area contributed by atoms with Crippen molar-refractivity contribution in [3.8, 4) is 0 Å². The van der Waals surface area contributed by atoms with Crippen LogP contribution in [-0.4, -0.2) is 38.0 Å². The third-order valence-corrected chi connectivity index (χ3v) is 3.11. The van der Waals surface area contributed by atoms with E-state index in [0.717, 1.165) is 25.8 Å². The predicted molar refractivity (Wildman–Crippen MR) is 60.0 cm³/mol. The molecule has 15 heavy (non-hydrogen) atoms. The molecule has 0 spiro atoms. The first-order valence-electron chi connectivity index (χ1n) is 6.31. The van der Waals surface area contributed by atoms with E-state index in [2.05, 4.69) is 12.2 Å². The zero-order chi connectivity index (χ0) is 10.5. The van der Waals surface area contributed by atoms with E-state index in [1.165, 1.54) is 32.1 Å². The second kappa shape index (κ2) is 5.83. The Bertz CT molecular complexity index is 176. The molecule has 2 unspecified atom stereocenters. The highest BCUT2D eigenvalue weighted by Gasteiger charge is 2.21. The number of nitrogens with one attached hydrogen (secondary N) is 1. The van der Waals surface area contributed by atoms with Crippen molar-refractivity contribution in [1.29, 1.82) is 0 Å². The smallest absolute Gasteiger partial charge is 0.0808 e. The molecule has 0 aromatic heterocycles. The lowest BCUT2D eigenvalue weighted by molar-refractivity contribution is -0.0584. The number of rotatable bonds is 6. The van der Waals surface area contributed by atoms with Gasteiger partial charge in [-0.3, -0.25) is 0 Å². The standard InChI is InChI=1S/C12H23NO2/c1-10(8-13-11-5-6-11)15-9-12-4-2-3-7-14-12/h10-13H,2-9H2,1H3. The molecule has 1 aliphatic heterocycles. The molecule has 3 nitrogen and oxygen atoms in total. The zero-order valence-corrected chi connectivity index (χ0v) is 9.71. The fourth-order valence-corrected chi connectivity index (χ4v) is 1.89. The quantitative estimate of drug-likeness (QED) is 0.728. The third kappa shape index (κ3) is 4.49.